The summed E-state index contributed by atoms with van der Waals surface area (Å²) in [4.78, 5) is 21.9. The van der Waals surface area contributed by atoms with Gasteiger partial charge in [0.2, 0.25) is 6.29 Å². The Morgan fingerprint density at radius 1 is 1.38 bits per heavy atom. The topological polar surface area (TPSA) is 46.2 Å². The Bertz CT molecular complexity index is 408. The van der Waals surface area contributed by atoms with Crippen molar-refractivity contribution in [2.45, 2.75) is 19.9 Å². The van der Waals surface area contributed by atoms with Gasteiger partial charge in [0.1, 0.15) is 0 Å². The van der Waals surface area contributed by atoms with Crippen molar-refractivity contribution in [2.24, 2.45) is 0 Å². The minimum Gasteiger partial charge on any atom is -0.350 e. The van der Waals surface area contributed by atoms with Gasteiger partial charge < -0.3 is 5.32 Å². The van der Waals surface area contributed by atoms with Crippen molar-refractivity contribution in [3.05, 3.63) is 41.5 Å². The molecule has 1 amide bonds. The molecule has 0 unspecified atom stereocenters. The molecule has 3 heteroatoms. The summed E-state index contributed by atoms with van der Waals surface area (Å²) in [5.41, 5.74) is 1.27. The molecule has 1 rings (SSSR count). The van der Waals surface area contributed by atoms with E-state index in [1.54, 1.807) is 30.6 Å². The molecule has 0 aliphatic carbocycles. The molecule has 0 saturated heterocycles. The number of rotatable bonds is 4. The Hall–Kier alpha value is -1.90. The number of amides is 1. The fourth-order valence-electron chi connectivity index (χ4n) is 1.31. The highest BCUT2D eigenvalue weighted by Crippen LogP contribution is 2.10. The first-order chi connectivity index (χ1) is 7.65. The highest BCUT2D eigenvalue weighted by molar-refractivity contribution is 5.98. The van der Waals surface area contributed by atoms with Crippen LogP contribution in [0.25, 0.3) is 6.08 Å². The lowest BCUT2D eigenvalue weighted by atomic mass is 10.1. The Morgan fingerprint density at radius 3 is 2.69 bits per heavy atom. The van der Waals surface area contributed by atoms with Crippen LogP contribution in [0, 0.1) is 0 Å². The molecule has 0 spiro atoms. The molecule has 1 aromatic carbocycles. The number of hydrogen-bond donors (Lipinski definition) is 1. The van der Waals surface area contributed by atoms with Gasteiger partial charge in [-0.25, -0.2) is 0 Å². The predicted octanol–water partition coefficient (Wildman–Crippen LogP) is 1.95. The third-order valence-electron chi connectivity index (χ3n) is 1.96. The van der Waals surface area contributed by atoms with Crippen LogP contribution in [0.15, 0.2) is 30.3 Å². The maximum atomic E-state index is 11.8. The third-order valence-corrected chi connectivity index (χ3v) is 1.96. The van der Waals surface area contributed by atoms with Crippen molar-refractivity contribution in [2.75, 3.05) is 0 Å². The molecule has 0 saturated carbocycles. The van der Waals surface area contributed by atoms with Crippen molar-refractivity contribution in [1.82, 2.24) is 5.32 Å². The van der Waals surface area contributed by atoms with Gasteiger partial charge in [0.25, 0.3) is 5.91 Å². The lowest BCUT2D eigenvalue weighted by molar-refractivity contribution is 0.0943. The number of carbonyl (C=O) groups excluding carboxylic acids is 2. The van der Waals surface area contributed by atoms with Crippen LogP contribution >= 0.6 is 0 Å². The molecule has 3 nitrogen and oxygen atoms in total. The molecule has 0 fully saturated rings. The number of nitrogens with one attached hydrogen (secondary N) is 1. The van der Waals surface area contributed by atoms with E-state index in [2.05, 4.69) is 5.32 Å². The van der Waals surface area contributed by atoms with Crippen LogP contribution < -0.4 is 5.32 Å². The van der Waals surface area contributed by atoms with Crippen LogP contribution in [0.5, 0.6) is 0 Å². The molecule has 0 bridgehead atoms. The van der Waals surface area contributed by atoms with Gasteiger partial charge in [-0.3, -0.25) is 9.59 Å². The van der Waals surface area contributed by atoms with Gasteiger partial charge in [0.05, 0.1) is 0 Å². The van der Waals surface area contributed by atoms with Gasteiger partial charge >= 0.3 is 0 Å². The van der Waals surface area contributed by atoms with E-state index in [1.807, 2.05) is 19.9 Å². The molecule has 1 N–H and O–H groups in total. The highest BCUT2D eigenvalue weighted by atomic mass is 16.1. The van der Waals surface area contributed by atoms with Crippen LogP contribution in [-0.4, -0.2) is 18.2 Å². The number of benzene rings is 1. The molecular weight excluding hydrogens is 202 g/mol. The van der Waals surface area contributed by atoms with Gasteiger partial charge in [0.15, 0.2) is 0 Å². The van der Waals surface area contributed by atoms with Gasteiger partial charge in [0, 0.05) is 11.6 Å². The SMILES string of the molecule is CC(C)NC(=O)c1ccccc1/C=C/[C]=O. The second-order valence-corrected chi connectivity index (χ2v) is 3.67. The van der Waals surface area contributed by atoms with Gasteiger partial charge in [-0.2, -0.15) is 0 Å². The largest absolute Gasteiger partial charge is 0.350 e. The maximum absolute atomic E-state index is 11.8. The van der Waals surface area contributed by atoms with Crippen molar-refractivity contribution in [1.29, 1.82) is 0 Å². The molecular formula is C13H14NO2. The first-order valence-electron chi connectivity index (χ1n) is 5.09. The van der Waals surface area contributed by atoms with Crippen LogP contribution in [-0.2, 0) is 4.79 Å². The average Bonchev–Trinajstić information content (AvgIpc) is 2.25. The van der Waals surface area contributed by atoms with Gasteiger partial charge in [-0.1, -0.05) is 24.3 Å². The zero-order valence-electron chi connectivity index (χ0n) is 9.36. The average molecular weight is 216 g/mol. The smallest absolute Gasteiger partial charge is 0.252 e. The van der Waals surface area contributed by atoms with E-state index in [9.17, 15) is 9.59 Å². The molecule has 16 heavy (non-hydrogen) atoms. The van der Waals surface area contributed by atoms with Crippen molar-refractivity contribution >= 4 is 18.3 Å². The maximum Gasteiger partial charge on any atom is 0.252 e. The molecule has 0 aliphatic rings. The molecule has 0 aliphatic heterocycles. The number of allylic oxidation sites excluding steroid dienone is 1. The lowest BCUT2D eigenvalue weighted by Gasteiger charge is -2.10. The van der Waals surface area contributed by atoms with E-state index in [0.717, 1.165) is 0 Å². The normalized spacial score (nSPS) is 10.7. The summed E-state index contributed by atoms with van der Waals surface area (Å²) < 4.78 is 0. The summed E-state index contributed by atoms with van der Waals surface area (Å²) in [6.07, 6.45) is 4.48. The Balaban J connectivity index is 2.98. The summed E-state index contributed by atoms with van der Waals surface area (Å²) in [5.74, 6) is -0.138. The Morgan fingerprint density at radius 2 is 2.06 bits per heavy atom. The van der Waals surface area contributed by atoms with Crippen LogP contribution in [0.1, 0.15) is 29.8 Å². The first kappa shape index (κ1) is 12.2. The first-order valence-corrected chi connectivity index (χ1v) is 5.09. The molecule has 1 aromatic rings. The zero-order chi connectivity index (χ0) is 12.0. The second-order valence-electron chi connectivity index (χ2n) is 3.67. The van der Waals surface area contributed by atoms with E-state index in [0.29, 0.717) is 11.1 Å². The Kier molecular flexibility index (Phi) is 4.45. The Labute approximate surface area is 95.2 Å². The van der Waals surface area contributed by atoms with E-state index < -0.39 is 0 Å². The standard InChI is InChI=1S/C13H14NO2/c1-10(2)14-13(16)12-8-4-3-6-11(12)7-5-9-15/h3-8,10H,1-2H3,(H,14,16)/b7-5+. The predicted molar refractivity (Wildman–Crippen MR) is 63.8 cm³/mol. The van der Waals surface area contributed by atoms with Crippen molar-refractivity contribution < 1.29 is 9.59 Å². The van der Waals surface area contributed by atoms with Gasteiger partial charge in [-0.15, -0.1) is 0 Å². The van der Waals surface area contributed by atoms with Crippen molar-refractivity contribution in [3.63, 3.8) is 0 Å². The summed E-state index contributed by atoms with van der Waals surface area (Å²) in [7, 11) is 0. The monoisotopic (exact) mass is 216 g/mol. The van der Waals surface area contributed by atoms with Crippen molar-refractivity contribution in [3.8, 4) is 0 Å². The van der Waals surface area contributed by atoms with E-state index in [-0.39, 0.29) is 11.9 Å². The van der Waals surface area contributed by atoms with E-state index in [4.69, 9.17) is 0 Å². The highest BCUT2D eigenvalue weighted by Gasteiger charge is 2.09. The van der Waals surface area contributed by atoms with Gasteiger partial charge in [-0.05, 0) is 31.6 Å². The molecule has 0 heterocycles. The number of hydrogen-bond acceptors (Lipinski definition) is 2. The third kappa shape index (κ3) is 3.35. The number of carbonyl (C=O) groups is 1. The lowest BCUT2D eigenvalue weighted by Crippen LogP contribution is -2.30. The van der Waals surface area contributed by atoms with Crippen LogP contribution in [0.4, 0.5) is 0 Å². The fraction of sp³-hybridized carbons (Fsp3) is 0.231. The summed E-state index contributed by atoms with van der Waals surface area (Å²) in [6, 6.07) is 7.20. The molecule has 1 radical (unpaired) electrons. The summed E-state index contributed by atoms with van der Waals surface area (Å²) in [5, 5.41) is 2.80. The zero-order valence-corrected chi connectivity index (χ0v) is 9.36. The van der Waals surface area contributed by atoms with E-state index >= 15 is 0 Å². The summed E-state index contributed by atoms with van der Waals surface area (Å²) >= 11 is 0. The summed E-state index contributed by atoms with van der Waals surface area (Å²) in [6.45, 7) is 3.80. The molecule has 83 valence electrons. The quantitative estimate of drug-likeness (QED) is 0.782. The van der Waals surface area contributed by atoms with E-state index in [1.165, 1.54) is 6.08 Å². The molecule has 0 atom stereocenters. The second kappa shape index (κ2) is 5.85. The fourth-order valence-corrected chi connectivity index (χ4v) is 1.31. The van der Waals surface area contributed by atoms with Crippen LogP contribution in [0.3, 0.4) is 0 Å². The molecule has 0 aromatic heterocycles. The van der Waals surface area contributed by atoms with Crippen LogP contribution in [0.2, 0.25) is 0 Å². The minimum atomic E-state index is -0.138. The minimum absolute atomic E-state index is 0.0853.